The first kappa shape index (κ1) is 36.6. The molecule has 49 heavy (non-hydrogen) atoms. The van der Waals surface area contributed by atoms with Crippen molar-refractivity contribution >= 4 is 29.5 Å². The highest BCUT2D eigenvalue weighted by atomic mass is 16.3. The molecule has 4 atom stereocenters. The Morgan fingerprint density at radius 3 is 1.82 bits per heavy atom. The van der Waals surface area contributed by atoms with E-state index in [1.807, 2.05) is 74.5 Å². The second-order valence-corrected chi connectivity index (χ2v) is 12.8. The van der Waals surface area contributed by atoms with Crippen LogP contribution in [0.1, 0.15) is 66.3 Å². The van der Waals surface area contributed by atoms with Gasteiger partial charge in [-0.25, -0.2) is 0 Å². The minimum atomic E-state index is -1.07. The number of aryl methyl sites for hydroxylation is 2. The zero-order valence-electron chi connectivity index (χ0n) is 28.2. The number of primary amides is 1. The summed E-state index contributed by atoms with van der Waals surface area (Å²) in [6, 6.07) is 17.7. The maximum atomic E-state index is 13.9. The normalized spacial score (nSPS) is 20.9. The van der Waals surface area contributed by atoms with Gasteiger partial charge < -0.3 is 32.1 Å². The number of amides is 5. The van der Waals surface area contributed by atoms with E-state index in [0.717, 1.165) is 27.8 Å². The minimum Gasteiger partial charge on any atom is -0.508 e. The third kappa shape index (κ3) is 11.2. The van der Waals surface area contributed by atoms with Crippen molar-refractivity contribution in [1.29, 1.82) is 0 Å². The Morgan fingerprint density at radius 1 is 0.755 bits per heavy atom. The summed E-state index contributed by atoms with van der Waals surface area (Å²) in [5, 5.41) is 21.2. The highest BCUT2D eigenvalue weighted by Gasteiger charge is 2.32. The van der Waals surface area contributed by atoms with Gasteiger partial charge in [0.1, 0.15) is 29.9 Å². The fourth-order valence-corrected chi connectivity index (χ4v) is 6.23. The molecule has 5 amide bonds. The topological polar surface area (TPSA) is 180 Å². The third-order valence-electron chi connectivity index (χ3n) is 8.91. The Hall–Kier alpha value is -5.19. The lowest BCUT2D eigenvalue weighted by Crippen LogP contribution is -2.59. The summed E-state index contributed by atoms with van der Waals surface area (Å²) in [6.45, 7) is 3.75. The average molecular weight is 670 g/mol. The first-order valence-corrected chi connectivity index (χ1v) is 16.9. The molecule has 0 saturated carbocycles. The van der Waals surface area contributed by atoms with Gasteiger partial charge in [0.25, 0.3) is 0 Å². The molecular weight excluding hydrogens is 622 g/mol. The average Bonchev–Trinajstić information content (AvgIpc) is 3.06. The van der Waals surface area contributed by atoms with Gasteiger partial charge in [-0.3, -0.25) is 24.0 Å². The van der Waals surface area contributed by atoms with Crippen LogP contribution in [-0.4, -0.2) is 58.8 Å². The molecular formula is C38H47N5O6. The molecule has 1 heterocycles. The number of phenolic OH excluding ortho intramolecular Hbond substituents is 1. The van der Waals surface area contributed by atoms with Crippen molar-refractivity contribution in [3.8, 4) is 5.75 Å². The van der Waals surface area contributed by atoms with Crippen LogP contribution in [0, 0.1) is 13.8 Å². The summed E-state index contributed by atoms with van der Waals surface area (Å²) in [7, 11) is 0. The van der Waals surface area contributed by atoms with Crippen molar-refractivity contribution in [2.24, 2.45) is 5.73 Å². The summed E-state index contributed by atoms with van der Waals surface area (Å²) in [4.78, 5) is 66.9. The van der Waals surface area contributed by atoms with Gasteiger partial charge in [-0.15, -0.1) is 0 Å². The van der Waals surface area contributed by atoms with E-state index in [0.29, 0.717) is 32.1 Å². The van der Waals surface area contributed by atoms with Crippen LogP contribution in [0.15, 0.2) is 72.8 Å². The maximum Gasteiger partial charge on any atom is 0.243 e. The number of aromatic hydroxyl groups is 1. The SMILES string of the molecule is Cc1cc(O)cc(C)c1CCC(=O)N[C@@H]1CCCCC[C@@H](C(N)=O)NC(=O)[C@H](Cc2ccccc2)NC(=O)[C@H](Cc2ccccc2)NC1=O. The Morgan fingerprint density at radius 2 is 1.27 bits per heavy atom. The Labute approximate surface area is 287 Å². The molecule has 4 rings (SSSR count). The molecule has 7 N–H and O–H groups in total. The van der Waals surface area contributed by atoms with Gasteiger partial charge in [0.05, 0.1) is 0 Å². The molecule has 0 unspecified atom stereocenters. The summed E-state index contributed by atoms with van der Waals surface area (Å²) in [5.74, 6) is -2.47. The number of phenols is 1. The molecule has 11 heteroatoms. The monoisotopic (exact) mass is 669 g/mol. The minimum absolute atomic E-state index is 0.124. The number of hydrogen-bond donors (Lipinski definition) is 6. The Kier molecular flexibility index (Phi) is 13.3. The second-order valence-electron chi connectivity index (χ2n) is 12.8. The number of hydrogen-bond acceptors (Lipinski definition) is 6. The van der Waals surface area contributed by atoms with Gasteiger partial charge in [0, 0.05) is 19.3 Å². The predicted octanol–water partition coefficient (Wildman–Crippen LogP) is 2.82. The summed E-state index contributed by atoms with van der Waals surface area (Å²) in [5.41, 5.74) is 9.95. The zero-order chi connectivity index (χ0) is 35.3. The Balaban J connectivity index is 1.59. The largest absolute Gasteiger partial charge is 0.508 e. The van der Waals surface area contributed by atoms with Crippen LogP contribution in [0.5, 0.6) is 5.75 Å². The van der Waals surface area contributed by atoms with E-state index in [9.17, 15) is 29.1 Å². The quantitative estimate of drug-likeness (QED) is 0.204. The predicted molar refractivity (Wildman–Crippen MR) is 186 cm³/mol. The molecule has 1 aliphatic rings. The lowest BCUT2D eigenvalue weighted by Gasteiger charge is -2.26. The molecule has 0 bridgehead atoms. The van der Waals surface area contributed by atoms with Crippen molar-refractivity contribution < 1.29 is 29.1 Å². The van der Waals surface area contributed by atoms with Crippen molar-refractivity contribution in [2.45, 2.75) is 95.8 Å². The fourth-order valence-electron chi connectivity index (χ4n) is 6.23. The number of rotatable bonds is 9. The van der Waals surface area contributed by atoms with Crippen molar-refractivity contribution in [2.75, 3.05) is 0 Å². The van der Waals surface area contributed by atoms with Crippen LogP contribution in [0.25, 0.3) is 0 Å². The van der Waals surface area contributed by atoms with Crippen molar-refractivity contribution in [3.63, 3.8) is 0 Å². The fraction of sp³-hybridized carbons (Fsp3) is 0.395. The van der Waals surface area contributed by atoms with Crippen LogP contribution in [0.4, 0.5) is 0 Å². The van der Waals surface area contributed by atoms with Crippen LogP contribution in [0.3, 0.4) is 0 Å². The molecule has 3 aromatic carbocycles. The van der Waals surface area contributed by atoms with Gasteiger partial charge in [-0.05, 0) is 73.1 Å². The lowest BCUT2D eigenvalue weighted by atomic mass is 9.97. The first-order chi connectivity index (χ1) is 23.5. The number of benzene rings is 3. The highest BCUT2D eigenvalue weighted by molar-refractivity contribution is 5.95. The van der Waals surface area contributed by atoms with Crippen molar-refractivity contribution in [3.05, 3.63) is 101 Å². The van der Waals surface area contributed by atoms with E-state index in [2.05, 4.69) is 21.3 Å². The number of nitrogens with two attached hydrogens (primary N) is 1. The molecule has 0 radical (unpaired) electrons. The smallest absolute Gasteiger partial charge is 0.243 e. The molecule has 11 nitrogen and oxygen atoms in total. The molecule has 0 spiro atoms. The Bertz CT molecular complexity index is 1590. The van der Waals surface area contributed by atoms with E-state index in [-0.39, 0.29) is 37.3 Å². The summed E-state index contributed by atoms with van der Waals surface area (Å²) in [6.07, 6.45) is 3.13. The van der Waals surface area contributed by atoms with Gasteiger partial charge in [0.2, 0.25) is 29.5 Å². The maximum absolute atomic E-state index is 13.9. The van der Waals surface area contributed by atoms with E-state index >= 15 is 0 Å². The van der Waals surface area contributed by atoms with Crippen LogP contribution in [-0.2, 0) is 43.2 Å². The van der Waals surface area contributed by atoms with Gasteiger partial charge in [-0.1, -0.05) is 79.9 Å². The lowest BCUT2D eigenvalue weighted by molar-refractivity contribution is -0.134. The molecule has 0 aromatic heterocycles. The number of carbonyl (C=O) groups is 5. The second kappa shape index (κ2) is 17.8. The van der Waals surface area contributed by atoms with E-state index in [4.69, 9.17) is 5.73 Å². The van der Waals surface area contributed by atoms with Gasteiger partial charge in [-0.2, -0.15) is 0 Å². The molecule has 3 aromatic rings. The highest BCUT2D eigenvalue weighted by Crippen LogP contribution is 2.22. The van der Waals surface area contributed by atoms with E-state index in [1.54, 1.807) is 12.1 Å². The standard InChI is InChI=1S/C38H47N5O6/c1-24-20-28(44)21-25(2)29(24)18-19-34(45)40-31-17-11-5-10-16-30(35(39)46)41-37(48)32(22-26-12-6-3-7-13-26)43-38(49)33(42-36(31)47)23-27-14-8-4-9-15-27/h3-4,6-9,12-15,20-21,30-33,44H,5,10-11,16-19,22-23H2,1-2H3,(H2,39,46)(H,40,45)(H,41,48)(H,42,47)(H,43,49)/t30-,31+,32-,33-/m0/s1. The third-order valence-corrected chi connectivity index (χ3v) is 8.91. The zero-order valence-corrected chi connectivity index (χ0v) is 28.2. The number of carbonyl (C=O) groups excluding carboxylic acids is 5. The summed E-state index contributed by atoms with van der Waals surface area (Å²) >= 11 is 0. The van der Waals surface area contributed by atoms with E-state index < -0.39 is 47.8 Å². The van der Waals surface area contributed by atoms with Gasteiger partial charge >= 0.3 is 0 Å². The van der Waals surface area contributed by atoms with Gasteiger partial charge in [0.15, 0.2) is 0 Å². The van der Waals surface area contributed by atoms with Crippen LogP contribution < -0.4 is 27.0 Å². The molecule has 0 aliphatic carbocycles. The summed E-state index contributed by atoms with van der Waals surface area (Å²) < 4.78 is 0. The van der Waals surface area contributed by atoms with E-state index in [1.165, 1.54) is 0 Å². The van der Waals surface area contributed by atoms with Crippen LogP contribution >= 0.6 is 0 Å². The molecule has 260 valence electrons. The number of nitrogens with one attached hydrogen (secondary N) is 4. The molecule has 1 saturated heterocycles. The van der Waals surface area contributed by atoms with Crippen molar-refractivity contribution in [1.82, 2.24) is 21.3 Å². The van der Waals surface area contributed by atoms with Crippen LogP contribution in [0.2, 0.25) is 0 Å². The first-order valence-electron chi connectivity index (χ1n) is 16.9. The molecule has 1 aliphatic heterocycles. The molecule has 1 fully saturated rings.